The van der Waals surface area contributed by atoms with Crippen LogP contribution in [0.5, 0.6) is 0 Å². The molecule has 0 atom stereocenters. The van der Waals surface area contributed by atoms with E-state index in [2.05, 4.69) is 52.7 Å². The average molecular weight is 1060 g/mol. The Hall–Kier alpha value is -7.27. The third-order valence-corrected chi connectivity index (χ3v) is 19.1. The van der Waals surface area contributed by atoms with Crippen molar-refractivity contribution < 1.29 is 34.7 Å². The van der Waals surface area contributed by atoms with E-state index in [0.29, 0.717) is 37.4 Å². The summed E-state index contributed by atoms with van der Waals surface area (Å²) >= 11 is 0. The molecule has 4 fully saturated rings. The Morgan fingerprint density at radius 2 is 0.747 bits per heavy atom. The molecule has 0 radical (unpaired) electrons. The largest absolute Gasteiger partial charge is 0.359 e. The summed E-state index contributed by atoms with van der Waals surface area (Å²) in [7, 11) is -11.0. The summed E-state index contributed by atoms with van der Waals surface area (Å²) in [5.74, 6) is 18.4. The molecular weight excluding hydrogens is 1000 g/mol. The molecule has 4 heterocycles. The zero-order valence-electron chi connectivity index (χ0n) is 41.1. The first kappa shape index (κ1) is 54.0. The standard InChI is InChI=1S/C31H30N2O5S2.C19H22N2O3S.C10H2/c34-39(35,29-15-11-27(12-16-29)25-7-3-1-4-8-25)32-21-19-31(20-22-32)33(23-24-38-31)40(36,37)30-17-13-28(14-18-30)26-9-5-2-6-10-26;22-25(23,21-13-10-19(11-14-21)20-12-15-24-19)18-8-6-17(7-9-18)16-4-2-1-3-5-16;1-3-5-7-9-10-8-6-4-2/h1-18H,19-24H2;1-9,20H,10-15H2;1-2H. The molecule has 0 aliphatic carbocycles. The van der Waals surface area contributed by atoms with Crippen molar-refractivity contribution in [3.63, 3.8) is 0 Å². The van der Waals surface area contributed by atoms with Crippen LogP contribution in [0.15, 0.2) is 178 Å². The summed E-state index contributed by atoms with van der Waals surface area (Å²) in [6.45, 7) is 3.35. The van der Waals surface area contributed by atoms with Crippen molar-refractivity contribution in [1.82, 2.24) is 18.2 Å². The average Bonchev–Trinajstić information content (AvgIpc) is 4.10. The van der Waals surface area contributed by atoms with Gasteiger partial charge in [0.25, 0.3) is 0 Å². The third-order valence-electron chi connectivity index (χ3n) is 13.3. The van der Waals surface area contributed by atoms with Crippen molar-refractivity contribution >= 4 is 30.1 Å². The zero-order valence-corrected chi connectivity index (χ0v) is 43.5. The number of nitrogens with zero attached hydrogens (tertiary/aromatic N) is 3. The lowest BCUT2D eigenvalue weighted by atomic mass is 10.0. The maximum atomic E-state index is 13.7. The van der Waals surface area contributed by atoms with Crippen molar-refractivity contribution in [2.45, 2.75) is 51.8 Å². The molecule has 4 aliphatic heterocycles. The molecule has 4 saturated heterocycles. The second-order valence-electron chi connectivity index (χ2n) is 17.7. The van der Waals surface area contributed by atoms with Crippen LogP contribution >= 0.6 is 0 Å². The SMILES string of the molecule is C#CC#CC#CC#CC#C.O=S(=O)(c1ccc(-c2ccccc2)cc1)N1CCC2(CC1)NCCO2.O=S(=O)(c1ccc(-c2ccccc2)cc1)N1CCC2(CC1)OCCN2S(=O)(=O)c1ccc(-c2ccccc2)cc1. The predicted molar refractivity (Wildman–Crippen MR) is 292 cm³/mol. The number of terminal acetylenes is 2. The van der Waals surface area contributed by atoms with Crippen LogP contribution < -0.4 is 5.32 Å². The zero-order chi connectivity index (χ0) is 52.8. The van der Waals surface area contributed by atoms with Crippen LogP contribution in [-0.2, 0) is 39.5 Å². The molecule has 6 aromatic rings. The lowest BCUT2D eigenvalue weighted by Gasteiger charge is -2.42. The van der Waals surface area contributed by atoms with Crippen molar-refractivity contribution in [3.05, 3.63) is 164 Å². The summed E-state index contributed by atoms with van der Waals surface area (Å²) in [5.41, 5.74) is 4.62. The van der Waals surface area contributed by atoms with E-state index in [-0.39, 0.29) is 54.6 Å². The second-order valence-corrected chi connectivity index (χ2v) is 23.4. The molecule has 2 spiro atoms. The maximum absolute atomic E-state index is 13.7. The molecule has 0 bridgehead atoms. The van der Waals surface area contributed by atoms with E-state index in [0.717, 1.165) is 39.9 Å². The van der Waals surface area contributed by atoms with Crippen molar-refractivity contribution in [1.29, 1.82) is 0 Å². The van der Waals surface area contributed by atoms with Crippen LogP contribution in [0.1, 0.15) is 25.7 Å². The third kappa shape index (κ3) is 12.8. The molecule has 1 N–H and O–H groups in total. The lowest BCUT2D eigenvalue weighted by Crippen LogP contribution is -2.55. The molecule has 10 rings (SSSR count). The summed E-state index contributed by atoms with van der Waals surface area (Å²) in [6.07, 6.45) is 11.5. The first-order valence-electron chi connectivity index (χ1n) is 24.2. The Morgan fingerprint density at radius 1 is 0.400 bits per heavy atom. The molecule has 0 aromatic heterocycles. The molecule has 0 amide bonds. The molecule has 4 aliphatic rings. The van der Waals surface area contributed by atoms with E-state index >= 15 is 0 Å². The number of nitrogens with one attached hydrogen (secondary N) is 1. The Morgan fingerprint density at radius 3 is 1.11 bits per heavy atom. The minimum absolute atomic E-state index is 0.168. The lowest BCUT2D eigenvalue weighted by molar-refractivity contribution is -0.0806. The first-order chi connectivity index (χ1) is 36.3. The quantitative estimate of drug-likeness (QED) is 0.143. The van der Waals surface area contributed by atoms with E-state index < -0.39 is 35.8 Å². The normalized spacial score (nSPS) is 17.1. The van der Waals surface area contributed by atoms with Crippen molar-refractivity contribution in [3.8, 4) is 93.6 Å². The number of sulfonamides is 3. The van der Waals surface area contributed by atoms with E-state index in [4.69, 9.17) is 22.3 Å². The number of benzene rings is 6. The molecule has 6 aromatic carbocycles. The number of piperidine rings is 2. The fourth-order valence-corrected chi connectivity index (χ4v) is 14.0. The van der Waals surface area contributed by atoms with E-state index in [1.807, 2.05) is 127 Å². The molecule has 75 heavy (non-hydrogen) atoms. The van der Waals surface area contributed by atoms with Gasteiger partial charge in [0.15, 0.2) is 0 Å². The van der Waals surface area contributed by atoms with Crippen molar-refractivity contribution in [2.24, 2.45) is 0 Å². The van der Waals surface area contributed by atoms with Gasteiger partial charge in [-0.1, -0.05) is 127 Å². The summed E-state index contributed by atoms with van der Waals surface area (Å²) in [6, 6.07) is 50.4. The highest BCUT2D eigenvalue weighted by atomic mass is 32.2. The Balaban J connectivity index is 0.000000181. The number of ether oxygens (including phenoxy) is 2. The Bertz CT molecular complexity index is 3510. The Labute approximate surface area is 442 Å². The van der Waals surface area contributed by atoms with Gasteiger partial charge in [-0.3, -0.25) is 5.32 Å². The van der Waals surface area contributed by atoms with Gasteiger partial charge in [0.2, 0.25) is 30.1 Å². The molecule has 380 valence electrons. The van der Waals surface area contributed by atoms with Gasteiger partial charge < -0.3 is 9.47 Å². The topological polar surface area (TPSA) is 143 Å². The van der Waals surface area contributed by atoms with Gasteiger partial charge in [0.05, 0.1) is 27.9 Å². The van der Waals surface area contributed by atoms with Gasteiger partial charge in [-0.05, 0) is 117 Å². The first-order valence-corrected chi connectivity index (χ1v) is 28.6. The highest BCUT2D eigenvalue weighted by Crippen LogP contribution is 2.40. The molecular formula is C60H54N4O8S3. The number of hydrogen-bond acceptors (Lipinski definition) is 9. The Kier molecular flexibility index (Phi) is 17.6. The van der Waals surface area contributed by atoms with Crippen LogP contribution in [0.4, 0.5) is 0 Å². The summed E-state index contributed by atoms with van der Waals surface area (Å²) in [4.78, 5) is 0.771. The smallest absolute Gasteiger partial charge is 0.245 e. The van der Waals surface area contributed by atoms with E-state index in [9.17, 15) is 25.3 Å². The van der Waals surface area contributed by atoms with Gasteiger partial charge in [0, 0.05) is 65.0 Å². The number of rotatable bonds is 9. The summed E-state index contributed by atoms with van der Waals surface area (Å²) < 4.78 is 96.4. The van der Waals surface area contributed by atoms with Crippen LogP contribution in [-0.4, -0.2) is 102 Å². The van der Waals surface area contributed by atoms with Gasteiger partial charge in [-0.25, -0.2) is 25.3 Å². The fourth-order valence-electron chi connectivity index (χ4n) is 9.36. The van der Waals surface area contributed by atoms with Gasteiger partial charge in [-0.2, -0.15) is 12.9 Å². The minimum Gasteiger partial charge on any atom is -0.359 e. The molecule has 12 nitrogen and oxygen atoms in total. The van der Waals surface area contributed by atoms with Crippen molar-refractivity contribution in [2.75, 3.05) is 52.5 Å². The summed E-state index contributed by atoms with van der Waals surface area (Å²) in [5, 5.41) is 3.37. The van der Waals surface area contributed by atoms with E-state index in [1.54, 1.807) is 40.7 Å². The highest BCUT2D eigenvalue weighted by molar-refractivity contribution is 7.89. The molecule has 0 saturated carbocycles. The van der Waals surface area contributed by atoms with Gasteiger partial charge in [0.1, 0.15) is 11.4 Å². The maximum Gasteiger partial charge on any atom is 0.245 e. The molecule has 15 heteroatoms. The van der Waals surface area contributed by atoms with Gasteiger partial charge >= 0.3 is 0 Å². The van der Waals surface area contributed by atoms with Crippen LogP contribution in [0.3, 0.4) is 0 Å². The fraction of sp³-hybridized carbons (Fsp3) is 0.233. The molecule has 0 unspecified atom stereocenters. The second kappa shape index (κ2) is 24.4. The highest BCUT2D eigenvalue weighted by Gasteiger charge is 2.52. The predicted octanol–water partition coefficient (Wildman–Crippen LogP) is 7.94. The van der Waals surface area contributed by atoms with Crippen LogP contribution in [0.25, 0.3) is 33.4 Å². The van der Waals surface area contributed by atoms with Crippen LogP contribution in [0, 0.1) is 60.2 Å². The monoisotopic (exact) mass is 1050 g/mol. The minimum atomic E-state index is -3.84. The van der Waals surface area contributed by atoms with Gasteiger partial charge in [-0.15, -0.1) is 12.8 Å². The number of hydrogen-bond donors (Lipinski definition) is 1. The van der Waals surface area contributed by atoms with E-state index in [1.165, 1.54) is 8.61 Å². The van der Waals surface area contributed by atoms with Crippen LogP contribution in [0.2, 0.25) is 0 Å².